The Labute approximate surface area is 142 Å². The van der Waals surface area contributed by atoms with E-state index in [9.17, 15) is 13.2 Å². The van der Waals surface area contributed by atoms with Crippen molar-refractivity contribution in [3.8, 4) is 11.5 Å². The summed E-state index contributed by atoms with van der Waals surface area (Å²) in [6, 6.07) is 4.57. The maximum atomic E-state index is 12.8. The molecule has 1 aliphatic heterocycles. The van der Waals surface area contributed by atoms with Crippen LogP contribution in [-0.4, -0.2) is 65.6 Å². The first-order chi connectivity index (χ1) is 11.4. The van der Waals surface area contributed by atoms with E-state index < -0.39 is 10.0 Å². The molecule has 134 valence electrons. The predicted molar refractivity (Wildman–Crippen MR) is 87.7 cm³/mol. The molecule has 1 heterocycles. The fourth-order valence-corrected chi connectivity index (χ4v) is 4.18. The van der Waals surface area contributed by atoms with Crippen LogP contribution in [0.15, 0.2) is 23.1 Å². The first kappa shape index (κ1) is 18.5. The number of methoxy groups -OCH3 is 2. The van der Waals surface area contributed by atoms with Crippen molar-refractivity contribution in [3.05, 3.63) is 18.2 Å². The highest BCUT2D eigenvalue weighted by molar-refractivity contribution is 7.89. The van der Waals surface area contributed by atoms with Gasteiger partial charge in [-0.05, 0) is 12.1 Å². The van der Waals surface area contributed by atoms with Crippen LogP contribution in [0.25, 0.3) is 0 Å². The summed E-state index contributed by atoms with van der Waals surface area (Å²) >= 11 is 0. The Kier molecular flexibility index (Phi) is 6.03. The van der Waals surface area contributed by atoms with Gasteiger partial charge in [-0.25, -0.2) is 8.42 Å². The van der Waals surface area contributed by atoms with Crippen LogP contribution in [0.5, 0.6) is 11.5 Å². The molecule has 1 aliphatic rings. The Balaban J connectivity index is 2.08. The van der Waals surface area contributed by atoms with Gasteiger partial charge in [-0.15, -0.1) is 0 Å². The van der Waals surface area contributed by atoms with Crippen molar-refractivity contribution in [2.45, 2.75) is 11.3 Å². The largest absolute Gasteiger partial charge is 0.493 e. The van der Waals surface area contributed by atoms with Crippen LogP contribution >= 0.6 is 0 Å². The van der Waals surface area contributed by atoms with E-state index in [1.54, 1.807) is 6.07 Å². The number of primary amides is 1. The van der Waals surface area contributed by atoms with Gasteiger partial charge in [-0.2, -0.15) is 4.31 Å². The number of rotatable bonds is 7. The van der Waals surface area contributed by atoms with E-state index in [0.29, 0.717) is 50.6 Å². The lowest BCUT2D eigenvalue weighted by molar-refractivity contribution is -0.903. The molecule has 0 saturated carbocycles. The number of nitrogens with zero attached hydrogens (tertiary/aromatic N) is 1. The van der Waals surface area contributed by atoms with Gasteiger partial charge in [0.1, 0.15) is 0 Å². The molecule has 0 spiro atoms. The van der Waals surface area contributed by atoms with Crippen molar-refractivity contribution in [3.63, 3.8) is 0 Å². The molecule has 0 aliphatic carbocycles. The number of hydrogen-bond donors (Lipinski definition) is 2. The highest BCUT2D eigenvalue weighted by Crippen LogP contribution is 2.30. The molecule has 1 fully saturated rings. The second-order valence-electron chi connectivity index (χ2n) is 5.64. The average molecular weight is 358 g/mol. The first-order valence-electron chi connectivity index (χ1n) is 7.72. The number of piperazine rings is 1. The van der Waals surface area contributed by atoms with Gasteiger partial charge < -0.3 is 20.1 Å². The van der Waals surface area contributed by atoms with Crippen LogP contribution in [0.3, 0.4) is 0 Å². The molecule has 0 atom stereocenters. The minimum absolute atomic E-state index is 0.181. The zero-order chi connectivity index (χ0) is 17.7. The second kappa shape index (κ2) is 7.82. The topological polar surface area (TPSA) is 103 Å². The number of benzene rings is 1. The third-order valence-electron chi connectivity index (χ3n) is 4.15. The monoisotopic (exact) mass is 358 g/mol. The Bertz CT molecular complexity index is 684. The van der Waals surface area contributed by atoms with Crippen LogP contribution in [-0.2, 0) is 14.8 Å². The smallest absolute Gasteiger partial charge is 0.243 e. The molecule has 8 nitrogen and oxygen atoms in total. The van der Waals surface area contributed by atoms with Crippen LogP contribution in [0, 0.1) is 0 Å². The Hall–Kier alpha value is -1.84. The quantitative estimate of drug-likeness (QED) is 0.615. The highest BCUT2D eigenvalue weighted by Gasteiger charge is 2.31. The Morgan fingerprint density at radius 2 is 1.83 bits per heavy atom. The standard InChI is InChI=1S/C15H23N3O5S/c1-22-13-4-3-12(11-14(13)23-2)24(20,21)18-9-7-17(8-10-18)6-5-15(16)19/h3-4,11H,5-10H2,1-2H3,(H2,16,19)/p+1. The number of amides is 1. The fourth-order valence-electron chi connectivity index (χ4n) is 2.72. The van der Waals surface area contributed by atoms with Crippen molar-refractivity contribution >= 4 is 15.9 Å². The molecule has 1 amide bonds. The van der Waals surface area contributed by atoms with Crippen molar-refractivity contribution in [1.29, 1.82) is 0 Å². The number of ether oxygens (including phenoxy) is 2. The van der Waals surface area contributed by atoms with Crippen molar-refractivity contribution in [2.75, 3.05) is 46.9 Å². The van der Waals surface area contributed by atoms with Crippen LogP contribution in [0.4, 0.5) is 0 Å². The molecular formula is C15H24N3O5S+. The SMILES string of the molecule is COc1ccc(S(=O)(=O)N2CC[NH+](CCC(N)=O)CC2)cc1OC. The molecule has 3 N–H and O–H groups in total. The molecule has 0 radical (unpaired) electrons. The minimum Gasteiger partial charge on any atom is -0.493 e. The van der Waals surface area contributed by atoms with Crippen LogP contribution < -0.4 is 20.1 Å². The predicted octanol–water partition coefficient (Wildman–Crippen LogP) is -1.53. The summed E-state index contributed by atoms with van der Waals surface area (Å²) in [6.07, 6.45) is 0.317. The normalized spacial score (nSPS) is 16.8. The average Bonchev–Trinajstić information content (AvgIpc) is 2.59. The van der Waals surface area contributed by atoms with E-state index in [-0.39, 0.29) is 10.8 Å². The van der Waals surface area contributed by atoms with E-state index >= 15 is 0 Å². The lowest BCUT2D eigenvalue weighted by Crippen LogP contribution is -3.15. The van der Waals surface area contributed by atoms with Gasteiger partial charge in [0.05, 0.1) is 58.3 Å². The van der Waals surface area contributed by atoms with Crippen LogP contribution in [0.2, 0.25) is 0 Å². The van der Waals surface area contributed by atoms with Crippen molar-refractivity contribution in [1.82, 2.24) is 4.31 Å². The fraction of sp³-hybridized carbons (Fsp3) is 0.533. The molecule has 2 rings (SSSR count). The number of quaternary nitrogens is 1. The van der Waals surface area contributed by atoms with Gasteiger partial charge in [0.2, 0.25) is 15.9 Å². The van der Waals surface area contributed by atoms with E-state index in [0.717, 1.165) is 0 Å². The number of carbonyl (C=O) groups excluding carboxylic acids is 1. The molecule has 0 unspecified atom stereocenters. The molecule has 24 heavy (non-hydrogen) atoms. The summed E-state index contributed by atoms with van der Waals surface area (Å²) < 4.78 is 37.3. The Morgan fingerprint density at radius 3 is 2.38 bits per heavy atom. The van der Waals surface area contributed by atoms with Gasteiger partial charge in [-0.1, -0.05) is 0 Å². The van der Waals surface area contributed by atoms with Gasteiger partial charge >= 0.3 is 0 Å². The molecule has 1 aromatic rings. The van der Waals surface area contributed by atoms with E-state index in [4.69, 9.17) is 15.2 Å². The third-order valence-corrected chi connectivity index (χ3v) is 6.04. The number of carbonyl (C=O) groups is 1. The zero-order valence-electron chi connectivity index (χ0n) is 13.9. The molecule has 0 aromatic heterocycles. The number of nitrogens with two attached hydrogens (primary N) is 1. The molecular weight excluding hydrogens is 334 g/mol. The summed E-state index contributed by atoms with van der Waals surface area (Å²) in [7, 11) is -0.614. The van der Waals surface area contributed by atoms with Gasteiger partial charge in [0.25, 0.3) is 0 Å². The maximum absolute atomic E-state index is 12.8. The molecule has 0 bridgehead atoms. The molecule has 1 aromatic carbocycles. The highest BCUT2D eigenvalue weighted by atomic mass is 32.2. The molecule has 1 saturated heterocycles. The van der Waals surface area contributed by atoms with Crippen LogP contribution in [0.1, 0.15) is 6.42 Å². The lowest BCUT2D eigenvalue weighted by atomic mass is 10.3. The molecule has 9 heteroatoms. The van der Waals surface area contributed by atoms with E-state index in [1.807, 2.05) is 0 Å². The van der Waals surface area contributed by atoms with Crippen molar-refractivity contribution < 1.29 is 27.6 Å². The Morgan fingerprint density at radius 1 is 1.21 bits per heavy atom. The number of nitrogens with one attached hydrogen (secondary N) is 1. The van der Waals surface area contributed by atoms with Crippen molar-refractivity contribution in [2.24, 2.45) is 5.73 Å². The first-order valence-corrected chi connectivity index (χ1v) is 9.16. The van der Waals surface area contributed by atoms with Gasteiger partial charge in [0.15, 0.2) is 11.5 Å². The zero-order valence-corrected chi connectivity index (χ0v) is 14.8. The van der Waals surface area contributed by atoms with Gasteiger partial charge in [-0.3, -0.25) is 4.79 Å². The maximum Gasteiger partial charge on any atom is 0.243 e. The second-order valence-corrected chi connectivity index (χ2v) is 7.58. The number of sulfonamides is 1. The number of hydrogen-bond acceptors (Lipinski definition) is 5. The summed E-state index contributed by atoms with van der Waals surface area (Å²) in [5.74, 6) is 0.532. The summed E-state index contributed by atoms with van der Waals surface area (Å²) in [4.78, 5) is 12.2. The van der Waals surface area contributed by atoms with E-state index in [1.165, 1.54) is 35.6 Å². The lowest BCUT2D eigenvalue weighted by Gasteiger charge is -2.31. The van der Waals surface area contributed by atoms with Gasteiger partial charge in [0, 0.05) is 6.07 Å². The summed E-state index contributed by atoms with van der Waals surface area (Å²) in [5.41, 5.74) is 5.15. The third kappa shape index (κ3) is 4.16. The summed E-state index contributed by atoms with van der Waals surface area (Å²) in [5, 5.41) is 0. The van der Waals surface area contributed by atoms with E-state index in [2.05, 4.69) is 0 Å². The minimum atomic E-state index is -3.58. The summed E-state index contributed by atoms with van der Waals surface area (Å²) in [6.45, 7) is 2.76.